The Labute approximate surface area is 82.1 Å². The van der Waals surface area contributed by atoms with Crippen molar-refractivity contribution in [2.45, 2.75) is 13.3 Å². The Bertz CT molecular complexity index is 260. The van der Waals surface area contributed by atoms with Crippen LogP contribution >= 0.6 is 0 Å². The number of aromatic nitrogens is 3. The first-order valence-corrected chi connectivity index (χ1v) is 4.56. The highest BCUT2D eigenvalue weighted by Gasteiger charge is 2.06. The zero-order valence-corrected chi connectivity index (χ0v) is 8.12. The van der Waals surface area contributed by atoms with E-state index in [0.29, 0.717) is 19.8 Å². The third-order valence-corrected chi connectivity index (χ3v) is 1.59. The molecule has 0 saturated carbocycles. The first-order valence-electron chi connectivity index (χ1n) is 4.56. The van der Waals surface area contributed by atoms with Crippen LogP contribution in [0.1, 0.15) is 24.0 Å². The van der Waals surface area contributed by atoms with E-state index in [9.17, 15) is 4.79 Å². The Kier molecular flexibility index (Phi) is 4.63. The molecular formula is C8H14N4O2. The van der Waals surface area contributed by atoms with Gasteiger partial charge in [-0.2, -0.15) is 5.10 Å². The SMILES string of the molecule is CCOCCCNC(=O)c1ncn[nH]1. The third-order valence-electron chi connectivity index (χ3n) is 1.59. The molecule has 14 heavy (non-hydrogen) atoms. The van der Waals surface area contributed by atoms with Crippen molar-refractivity contribution in [1.82, 2.24) is 20.5 Å². The lowest BCUT2D eigenvalue weighted by Gasteiger charge is -2.02. The van der Waals surface area contributed by atoms with Crippen LogP contribution in [0, 0.1) is 0 Å². The summed E-state index contributed by atoms with van der Waals surface area (Å²) < 4.78 is 5.12. The van der Waals surface area contributed by atoms with Crippen LogP contribution in [0.5, 0.6) is 0 Å². The lowest BCUT2D eigenvalue weighted by atomic mass is 10.4. The van der Waals surface area contributed by atoms with E-state index in [1.54, 1.807) is 0 Å². The van der Waals surface area contributed by atoms with Gasteiger partial charge in [-0.15, -0.1) is 0 Å². The third kappa shape index (κ3) is 3.53. The average Bonchev–Trinajstić information content (AvgIpc) is 2.70. The molecule has 1 aromatic heterocycles. The van der Waals surface area contributed by atoms with Gasteiger partial charge in [0, 0.05) is 19.8 Å². The summed E-state index contributed by atoms with van der Waals surface area (Å²) >= 11 is 0. The molecule has 0 radical (unpaired) electrons. The number of hydrogen-bond acceptors (Lipinski definition) is 4. The molecular weight excluding hydrogens is 184 g/mol. The van der Waals surface area contributed by atoms with Crippen molar-refractivity contribution in [2.24, 2.45) is 0 Å². The van der Waals surface area contributed by atoms with Crippen LogP contribution in [0.2, 0.25) is 0 Å². The Balaban J connectivity index is 2.10. The van der Waals surface area contributed by atoms with Gasteiger partial charge in [0.1, 0.15) is 6.33 Å². The summed E-state index contributed by atoms with van der Waals surface area (Å²) in [5, 5.41) is 8.76. The largest absolute Gasteiger partial charge is 0.382 e. The number of carbonyl (C=O) groups is 1. The van der Waals surface area contributed by atoms with Gasteiger partial charge in [0.05, 0.1) is 0 Å². The van der Waals surface area contributed by atoms with Gasteiger partial charge in [0.2, 0.25) is 5.82 Å². The molecule has 0 bridgehead atoms. The number of amides is 1. The molecule has 6 heteroatoms. The summed E-state index contributed by atoms with van der Waals surface area (Å²) in [7, 11) is 0. The van der Waals surface area contributed by atoms with E-state index in [1.807, 2.05) is 6.92 Å². The Hall–Kier alpha value is -1.43. The summed E-state index contributed by atoms with van der Waals surface area (Å²) in [6.45, 7) is 3.88. The van der Waals surface area contributed by atoms with Crippen molar-refractivity contribution in [3.63, 3.8) is 0 Å². The molecule has 1 amide bonds. The molecule has 0 aromatic carbocycles. The second-order valence-electron chi connectivity index (χ2n) is 2.64. The van der Waals surface area contributed by atoms with E-state index in [2.05, 4.69) is 20.5 Å². The van der Waals surface area contributed by atoms with Crippen LogP contribution < -0.4 is 5.32 Å². The number of carbonyl (C=O) groups excluding carboxylic acids is 1. The van der Waals surface area contributed by atoms with Crippen molar-refractivity contribution in [1.29, 1.82) is 0 Å². The lowest BCUT2D eigenvalue weighted by Crippen LogP contribution is -2.26. The molecule has 1 heterocycles. The van der Waals surface area contributed by atoms with Gasteiger partial charge in [-0.1, -0.05) is 0 Å². The summed E-state index contributed by atoms with van der Waals surface area (Å²) in [6.07, 6.45) is 2.10. The summed E-state index contributed by atoms with van der Waals surface area (Å²) in [5.74, 6) is 0.000378. The maximum Gasteiger partial charge on any atom is 0.288 e. The molecule has 0 aliphatic heterocycles. The van der Waals surface area contributed by atoms with Gasteiger partial charge >= 0.3 is 0 Å². The highest BCUT2D eigenvalue weighted by atomic mass is 16.5. The quantitative estimate of drug-likeness (QED) is 0.628. The summed E-state index contributed by atoms with van der Waals surface area (Å²) in [4.78, 5) is 15.0. The van der Waals surface area contributed by atoms with Gasteiger partial charge in [0.15, 0.2) is 0 Å². The molecule has 0 unspecified atom stereocenters. The van der Waals surface area contributed by atoms with Gasteiger partial charge in [-0.25, -0.2) is 4.98 Å². The van der Waals surface area contributed by atoms with Crippen molar-refractivity contribution in [3.8, 4) is 0 Å². The first-order chi connectivity index (χ1) is 6.84. The van der Waals surface area contributed by atoms with Gasteiger partial charge < -0.3 is 10.1 Å². The number of hydrogen-bond donors (Lipinski definition) is 2. The summed E-state index contributed by atoms with van der Waals surface area (Å²) in [5.41, 5.74) is 0. The highest BCUT2D eigenvalue weighted by Crippen LogP contribution is 1.86. The molecule has 1 aromatic rings. The van der Waals surface area contributed by atoms with Gasteiger partial charge in [-0.3, -0.25) is 9.89 Å². The molecule has 78 valence electrons. The topological polar surface area (TPSA) is 79.9 Å². The van der Waals surface area contributed by atoms with E-state index in [-0.39, 0.29) is 11.7 Å². The maximum absolute atomic E-state index is 11.3. The molecule has 0 fully saturated rings. The van der Waals surface area contributed by atoms with E-state index >= 15 is 0 Å². The second kappa shape index (κ2) is 6.09. The monoisotopic (exact) mass is 198 g/mol. The first kappa shape index (κ1) is 10.6. The molecule has 6 nitrogen and oxygen atoms in total. The fraction of sp³-hybridized carbons (Fsp3) is 0.625. The molecule has 0 saturated heterocycles. The van der Waals surface area contributed by atoms with Crippen LogP contribution in [0.4, 0.5) is 0 Å². The normalized spacial score (nSPS) is 10.1. The summed E-state index contributed by atoms with van der Waals surface area (Å²) in [6, 6.07) is 0. The van der Waals surface area contributed by atoms with Crippen LogP contribution in [0.25, 0.3) is 0 Å². The van der Waals surface area contributed by atoms with Crippen molar-refractivity contribution in [3.05, 3.63) is 12.2 Å². The number of nitrogens with one attached hydrogen (secondary N) is 2. The Morgan fingerprint density at radius 2 is 2.57 bits per heavy atom. The van der Waals surface area contributed by atoms with E-state index < -0.39 is 0 Å². The van der Waals surface area contributed by atoms with Crippen molar-refractivity contribution in [2.75, 3.05) is 19.8 Å². The predicted octanol–water partition coefficient (Wildman–Crippen LogP) is -0.0389. The minimum absolute atomic E-state index is 0.237. The number of nitrogens with zero attached hydrogens (tertiary/aromatic N) is 2. The maximum atomic E-state index is 11.3. The molecule has 2 N–H and O–H groups in total. The molecule has 1 rings (SSSR count). The van der Waals surface area contributed by atoms with E-state index in [0.717, 1.165) is 6.42 Å². The standard InChI is InChI=1S/C8H14N4O2/c1-2-14-5-3-4-9-8(13)7-10-6-11-12-7/h6H,2-5H2,1H3,(H,9,13)(H,10,11,12). The fourth-order valence-electron chi connectivity index (χ4n) is 0.919. The smallest absolute Gasteiger partial charge is 0.288 e. The minimum Gasteiger partial charge on any atom is -0.382 e. The van der Waals surface area contributed by atoms with E-state index in [1.165, 1.54) is 6.33 Å². The molecule has 0 aliphatic rings. The van der Waals surface area contributed by atoms with Crippen LogP contribution in [-0.2, 0) is 4.74 Å². The molecule has 0 atom stereocenters. The van der Waals surface area contributed by atoms with Crippen LogP contribution in [0.15, 0.2) is 6.33 Å². The predicted molar refractivity (Wildman–Crippen MR) is 49.8 cm³/mol. The van der Waals surface area contributed by atoms with E-state index in [4.69, 9.17) is 4.74 Å². The molecule has 0 spiro atoms. The minimum atomic E-state index is -0.237. The van der Waals surface area contributed by atoms with Crippen molar-refractivity contribution < 1.29 is 9.53 Å². The number of ether oxygens (including phenoxy) is 1. The average molecular weight is 198 g/mol. The molecule has 0 aliphatic carbocycles. The van der Waals surface area contributed by atoms with Crippen LogP contribution in [0.3, 0.4) is 0 Å². The Morgan fingerprint density at radius 1 is 1.71 bits per heavy atom. The number of rotatable bonds is 6. The van der Waals surface area contributed by atoms with Gasteiger partial charge in [0.25, 0.3) is 5.91 Å². The second-order valence-corrected chi connectivity index (χ2v) is 2.64. The zero-order valence-electron chi connectivity index (χ0n) is 8.12. The van der Waals surface area contributed by atoms with Crippen LogP contribution in [-0.4, -0.2) is 40.8 Å². The number of H-pyrrole nitrogens is 1. The highest BCUT2D eigenvalue weighted by molar-refractivity contribution is 5.90. The lowest BCUT2D eigenvalue weighted by molar-refractivity contribution is 0.0934. The fourth-order valence-corrected chi connectivity index (χ4v) is 0.919. The number of aromatic amines is 1. The van der Waals surface area contributed by atoms with Crippen molar-refractivity contribution >= 4 is 5.91 Å². The van der Waals surface area contributed by atoms with Gasteiger partial charge in [-0.05, 0) is 13.3 Å². The zero-order chi connectivity index (χ0) is 10.2. The Morgan fingerprint density at radius 3 is 3.21 bits per heavy atom.